The number of amides is 1. The van der Waals surface area contributed by atoms with Gasteiger partial charge in [-0.3, -0.25) is 14.9 Å². The number of nitro benzene ring substituents is 1. The summed E-state index contributed by atoms with van der Waals surface area (Å²) in [5.74, 6) is 0.999. The molecule has 9 heteroatoms. The average Bonchev–Trinajstić information content (AvgIpc) is 3.16. The third-order valence-electron chi connectivity index (χ3n) is 4.13. The van der Waals surface area contributed by atoms with Gasteiger partial charge in [-0.25, -0.2) is 4.98 Å². The van der Waals surface area contributed by atoms with Crippen molar-refractivity contribution in [1.82, 2.24) is 4.98 Å². The molecule has 0 fully saturated rings. The van der Waals surface area contributed by atoms with Gasteiger partial charge in [-0.15, -0.1) is 11.3 Å². The molecule has 1 N–H and O–H groups in total. The van der Waals surface area contributed by atoms with Crippen LogP contribution in [0.3, 0.4) is 0 Å². The van der Waals surface area contributed by atoms with Crippen molar-refractivity contribution in [2.45, 2.75) is 6.42 Å². The Morgan fingerprint density at radius 3 is 2.79 bits per heavy atom. The molecular formula is C19H15N3O5S. The van der Waals surface area contributed by atoms with Crippen LogP contribution in [0.5, 0.6) is 11.5 Å². The number of carbonyl (C=O) groups is 1. The van der Waals surface area contributed by atoms with Crippen molar-refractivity contribution in [1.29, 1.82) is 0 Å². The van der Waals surface area contributed by atoms with E-state index in [1.807, 2.05) is 23.6 Å². The van der Waals surface area contributed by atoms with Crippen LogP contribution >= 0.6 is 11.3 Å². The number of thiazole rings is 1. The Hall–Kier alpha value is -3.46. The minimum absolute atomic E-state index is 0.0752. The minimum atomic E-state index is -0.494. The summed E-state index contributed by atoms with van der Waals surface area (Å²) in [5, 5.41) is 16.0. The Morgan fingerprint density at radius 2 is 1.96 bits per heavy atom. The second kappa shape index (κ2) is 7.65. The fraction of sp³-hybridized carbons (Fsp3) is 0.158. The van der Waals surface area contributed by atoms with Gasteiger partial charge < -0.3 is 14.8 Å². The molecule has 4 rings (SSSR count). The van der Waals surface area contributed by atoms with Crippen molar-refractivity contribution in [2.75, 3.05) is 18.5 Å². The largest absolute Gasteiger partial charge is 0.486 e. The van der Waals surface area contributed by atoms with Crippen molar-refractivity contribution in [3.63, 3.8) is 0 Å². The number of nitrogens with zero attached hydrogens (tertiary/aromatic N) is 2. The predicted molar refractivity (Wildman–Crippen MR) is 104 cm³/mol. The summed E-state index contributed by atoms with van der Waals surface area (Å²) in [5.41, 5.74) is 1.82. The van der Waals surface area contributed by atoms with E-state index in [-0.39, 0.29) is 18.0 Å². The van der Waals surface area contributed by atoms with Crippen molar-refractivity contribution in [3.8, 4) is 22.8 Å². The van der Waals surface area contributed by atoms with Gasteiger partial charge in [0.05, 0.1) is 17.0 Å². The molecule has 28 heavy (non-hydrogen) atoms. The van der Waals surface area contributed by atoms with Gasteiger partial charge in [0.15, 0.2) is 16.6 Å². The van der Waals surface area contributed by atoms with E-state index in [4.69, 9.17) is 9.47 Å². The summed E-state index contributed by atoms with van der Waals surface area (Å²) in [6.45, 7) is 1.03. The normalized spacial score (nSPS) is 12.4. The molecule has 0 saturated heterocycles. The van der Waals surface area contributed by atoms with E-state index in [1.54, 1.807) is 18.2 Å². The molecule has 1 amide bonds. The summed E-state index contributed by atoms with van der Waals surface area (Å²) in [7, 11) is 0. The monoisotopic (exact) mass is 397 g/mol. The van der Waals surface area contributed by atoms with Crippen LogP contribution in [0.4, 0.5) is 10.8 Å². The van der Waals surface area contributed by atoms with Crippen LogP contribution in [0.25, 0.3) is 11.3 Å². The molecule has 0 bridgehead atoms. The van der Waals surface area contributed by atoms with Crippen molar-refractivity contribution in [2.24, 2.45) is 0 Å². The SMILES string of the molecule is O=C(Cc1ccccc1[N+](=O)[O-])Nc1nc(-c2ccc3c(c2)OCCO3)cs1. The number of aromatic nitrogens is 1. The van der Waals surface area contributed by atoms with E-state index in [9.17, 15) is 14.9 Å². The number of hydrogen-bond acceptors (Lipinski definition) is 7. The second-order valence-corrected chi connectivity index (χ2v) is 6.87. The number of para-hydroxylation sites is 1. The van der Waals surface area contributed by atoms with Gasteiger partial charge in [-0.2, -0.15) is 0 Å². The number of nitro groups is 1. The molecule has 1 aromatic heterocycles. The van der Waals surface area contributed by atoms with Crippen molar-refractivity contribution >= 4 is 28.1 Å². The Kier molecular flexibility index (Phi) is 4.90. The highest BCUT2D eigenvalue weighted by molar-refractivity contribution is 7.14. The van der Waals surface area contributed by atoms with Gasteiger partial charge in [-0.1, -0.05) is 18.2 Å². The highest BCUT2D eigenvalue weighted by Crippen LogP contribution is 2.35. The summed E-state index contributed by atoms with van der Waals surface area (Å²) in [6, 6.07) is 11.7. The molecule has 0 spiro atoms. The molecule has 0 aliphatic carbocycles. The lowest BCUT2D eigenvalue weighted by atomic mass is 10.1. The molecule has 0 unspecified atom stereocenters. The quantitative estimate of drug-likeness (QED) is 0.520. The number of carbonyl (C=O) groups excluding carboxylic acids is 1. The average molecular weight is 397 g/mol. The Balaban J connectivity index is 1.47. The van der Waals surface area contributed by atoms with Crippen LogP contribution in [0.15, 0.2) is 47.8 Å². The lowest BCUT2D eigenvalue weighted by Gasteiger charge is -2.18. The van der Waals surface area contributed by atoms with Crippen LogP contribution in [-0.4, -0.2) is 29.0 Å². The number of fused-ring (bicyclic) bond motifs is 1. The van der Waals surface area contributed by atoms with Gasteiger partial charge in [0.25, 0.3) is 5.69 Å². The summed E-state index contributed by atoms with van der Waals surface area (Å²) in [6.07, 6.45) is -0.101. The van der Waals surface area contributed by atoms with Gasteiger partial charge >= 0.3 is 0 Å². The first kappa shape index (κ1) is 17.9. The number of nitrogens with one attached hydrogen (secondary N) is 1. The highest BCUT2D eigenvalue weighted by atomic mass is 32.1. The van der Waals surface area contributed by atoms with E-state index in [2.05, 4.69) is 10.3 Å². The Labute approximate surface area is 163 Å². The van der Waals surface area contributed by atoms with Gasteiger partial charge in [0.2, 0.25) is 5.91 Å². The molecule has 0 atom stereocenters. The van der Waals surface area contributed by atoms with E-state index < -0.39 is 4.92 Å². The topological polar surface area (TPSA) is 104 Å². The molecular weight excluding hydrogens is 382 g/mol. The maximum atomic E-state index is 12.3. The summed E-state index contributed by atoms with van der Waals surface area (Å²) in [4.78, 5) is 27.3. The van der Waals surface area contributed by atoms with Crippen LogP contribution < -0.4 is 14.8 Å². The maximum Gasteiger partial charge on any atom is 0.273 e. The predicted octanol–water partition coefficient (Wildman–Crippen LogP) is 3.67. The molecule has 0 saturated carbocycles. The fourth-order valence-electron chi connectivity index (χ4n) is 2.84. The molecule has 142 valence electrons. The van der Waals surface area contributed by atoms with Crippen LogP contribution in [0, 0.1) is 10.1 Å². The molecule has 0 radical (unpaired) electrons. The van der Waals surface area contributed by atoms with E-state index in [0.717, 1.165) is 5.56 Å². The molecule has 8 nitrogen and oxygen atoms in total. The zero-order chi connectivity index (χ0) is 19.5. The third kappa shape index (κ3) is 3.79. The number of anilines is 1. The number of benzene rings is 2. The first-order chi connectivity index (χ1) is 13.6. The fourth-order valence-corrected chi connectivity index (χ4v) is 3.58. The third-order valence-corrected chi connectivity index (χ3v) is 4.89. The first-order valence-electron chi connectivity index (χ1n) is 8.48. The Bertz CT molecular complexity index is 1050. The summed E-state index contributed by atoms with van der Waals surface area (Å²) < 4.78 is 11.1. The first-order valence-corrected chi connectivity index (χ1v) is 9.36. The number of rotatable bonds is 5. The van der Waals surface area contributed by atoms with E-state index in [0.29, 0.717) is 41.1 Å². The lowest BCUT2D eigenvalue weighted by Crippen LogP contribution is -2.15. The molecule has 2 aromatic carbocycles. The van der Waals surface area contributed by atoms with E-state index >= 15 is 0 Å². The zero-order valence-corrected chi connectivity index (χ0v) is 15.4. The molecule has 1 aliphatic heterocycles. The van der Waals surface area contributed by atoms with Crippen molar-refractivity contribution in [3.05, 3.63) is 63.5 Å². The van der Waals surface area contributed by atoms with Crippen LogP contribution in [-0.2, 0) is 11.2 Å². The minimum Gasteiger partial charge on any atom is -0.486 e. The van der Waals surface area contributed by atoms with E-state index in [1.165, 1.54) is 17.4 Å². The van der Waals surface area contributed by atoms with Gasteiger partial charge in [-0.05, 0) is 18.2 Å². The molecule has 2 heterocycles. The standard InChI is InChI=1S/C19H15N3O5S/c23-18(10-13-3-1-2-4-15(13)22(24)25)21-19-20-14(11-28-19)12-5-6-16-17(9-12)27-8-7-26-16/h1-6,9,11H,7-8,10H2,(H,20,21,23). The Morgan fingerprint density at radius 1 is 1.18 bits per heavy atom. The smallest absolute Gasteiger partial charge is 0.273 e. The van der Waals surface area contributed by atoms with Gasteiger partial charge in [0.1, 0.15) is 13.2 Å². The number of hydrogen-bond donors (Lipinski definition) is 1. The second-order valence-electron chi connectivity index (χ2n) is 6.01. The lowest BCUT2D eigenvalue weighted by molar-refractivity contribution is -0.385. The molecule has 3 aromatic rings. The van der Waals surface area contributed by atoms with Gasteiger partial charge in [0, 0.05) is 22.6 Å². The van der Waals surface area contributed by atoms with Crippen LogP contribution in [0.1, 0.15) is 5.56 Å². The maximum absolute atomic E-state index is 12.3. The highest BCUT2D eigenvalue weighted by Gasteiger charge is 2.17. The number of ether oxygens (including phenoxy) is 2. The van der Waals surface area contributed by atoms with Crippen molar-refractivity contribution < 1.29 is 19.2 Å². The van der Waals surface area contributed by atoms with Crippen LogP contribution in [0.2, 0.25) is 0 Å². The zero-order valence-electron chi connectivity index (χ0n) is 14.6. The summed E-state index contributed by atoms with van der Waals surface area (Å²) >= 11 is 1.28. The molecule has 1 aliphatic rings.